The number of nitrogens with one attached hydrogen (secondary N) is 1. The highest BCUT2D eigenvalue weighted by molar-refractivity contribution is 5.77. The van der Waals surface area contributed by atoms with Gasteiger partial charge in [-0.15, -0.1) is 0 Å². The first kappa shape index (κ1) is 15.5. The molecule has 0 bridgehead atoms. The quantitative estimate of drug-likeness (QED) is 0.409. The van der Waals surface area contributed by atoms with Crippen LogP contribution in [-0.4, -0.2) is 54.3 Å². The summed E-state index contributed by atoms with van der Waals surface area (Å²) in [5.41, 5.74) is 3.06. The van der Waals surface area contributed by atoms with Gasteiger partial charge in [0.05, 0.1) is 11.0 Å². The second-order valence-corrected chi connectivity index (χ2v) is 5.53. The van der Waals surface area contributed by atoms with E-state index >= 15 is 0 Å². The lowest BCUT2D eigenvalue weighted by Crippen LogP contribution is -2.38. The average Bonchev–Trinajstić information content (AvgIpc) is 2.77. The zero-order valence-electron chi connectivity index (χ0n) is 12.2. The van der Waals surface area contributed by atoms with E-state index in [2.05, 4.69) is 5.43 Å². The number of β-amino-alcohol motifs (C(OH)–C–C–N with tert-alkyl or cyclic N) is 1. The smallest absolute Gasteiger partial charge is 0.316 e. The van der Waals surface area contributed by atoms with Crippen LogP contribution in [0.15, 0.2) is 18.2 Å². The van der Waals surface area contributed by atoms with Crippen molar-refractivity contribution in [3.63, 3.8) is 0 Å². The summed E-state index contributed by atoms with van der Waals surface area (Å²) < 4.78 is 0. The van der Waals surface area contributed by atoms with E-state index < -0.39 is 11.0 Å². The number of aliphatic hydroxyl groups excluding tert-OH is 1. The van der Waals surface area contributed by atoms with Crippen molar-refractivity contribution in [3.05, 3.63) is 28.3 Å². The van der Waals surface area contributed by atoms with E-state index in [-0.39, 0.29) is 17.4 Å². The molecule has 0 aliphatic carbocycles. The van der Waals surface area contributed by atoms with Crippen molar-refractivity contribution >= 4 is 17.1 Å². The number of nitrogen functional groups attached to an aromatic ring is 1. The Kier molecular flexibility index (Phi) is 4.61. The molecule has 2 atom stereocenters. The molecule has 8 heteroatoms. The number of nitrogens with zero attached hydrogens (tertiary/aromatic N) is 3. The molecule has 1 heterocycles. The van der Waals surface area contributed by atoms with Gasteiger partial charge >= 0.3 is 5.69 Å². The second kappa shape index (κ2) is 6.25. The summed E-state index contributed by atoms with van der Waals surface area (Å²) >= 11 is 0. The summed E-state index contributed by atoms with van der Waals surface area (Å²) in [5.74, 6) is 5.37. The van der Waals surface area contributed by atoms with Crippen LogP contribution in [0.1, 0.15) is 6.42 Å². The van der Waals surface area contributed by atoms with E-state index in [0.717, 1.165) is 0 Å². The molecule has 1 saturated heterocycles. The molecule has 0 amide bonds. The third kappa shape index (κ3) is 3.23. The monoisotopic (exact) mass is 295 g/mol. The van der Waals surface area contributed by atoms with Crippen molar-refractivity contribution in [2.75, 3.05) is 37.5 Å². The van der Waals surface area contributed by atoms with E-state index in [1.165, 1.54) is 0 Å². The van der Waals surface area contributed by atoms with Crippen molar-refractivity contribution in [3.8, 4) is 0 Å². The molecule has 8 nitrogen and oxygen atoms in total. The number of hydrazine groups is 1. The fourth-order valence-corrected chi connectivity index (χ4v) is 2.85. The minimum absolute atomic E-state index is 0.0294. The summed E-state index contributed by atoms with van der Waals surface area (Å²) in [4.78, 5) is 14.8. The molecular weight excluding hydrogens is 274 g/mol. The van der Waals surface area contributed by atoms with E-state index in [9.17, 15) is 15.2 Å². The lowest BCUT2D eigenvalue weighted by molar-refractivity contribution is -0.383. The van der Waals surface area contributed by atoms with Crippen molar-refractivity contribution in [2.45, 2.75) is 18.6 Å². The fourth-order valence-electron chi connectivity index (χ4n) is 2.85. The molecule has 1 aromatic rings. The Morgan fingerprint density at radius 1 is 1.57 bits per heavy atom. The van der Waals surface area contributed by atoms with Crippen molar-refractivity contribution in [1.82, 2.24) is 4.90 Å². The molecule has 0 radical (unpaired) electrons. The van der Waals surface area contributed by atoms with Gasteiger partial charge in [0.2, 0.25) is 0 Å². The van der Waals surface area contributed by atoms with Crippen LogP contribution in [0.3, 0.4) is 0 Å². The SMILES string of the molecule is CN(C)CC1CC(O)CN1c1cccc(NN)c1[N+](=O)[O-]. The number of para-hydroxylation sites is 1. The van der Waals surface area contributed by atoms with Crippen LogP contribution in [0.4, 0.5) is 17.1 Å². The van der Waals surface area contributed by atoms with E-state index in [1.807, 2.05) is 23.9 Å². The molecule has 2 unspecified atom stereocenters. The van der Waals surface area contributed by atoms with E-state index in [0.29, 0.717) is 25.2 Å². The van der Waals surface area contributed by atoms with Crippen LogP contribution in [0, 0.1) is 10.1 Å². The third-order valence-corrected chi connectivity index (χ3v) is 3.63. The number of likely N-dealkylation sites (N-methyl/N-ethyl adjacent to an activating group) is 1. The first-order chi connectivity index (χ1) is 9.93. The number of nitro benzene ring substituents is 1. The highest BCUT2D eigenvalue weighted by Gasteiger charge is 2.35. The average molecular weight is 295 g/mol. The summed E-state index contributed by atoms with van der Waals surface area (Å²) in [5, 5.41) is 21.3. The standard InChI is InChI=1S/C13H21N5O3/c1-16(2)7-9-6-10(19)8-17(9)12-5-3-4-11(15-14)13(12)18(20)21/h3-5,9-10,15,19H,6-8,14H2,1-2H3. The zero-order chi connectivity index (χ0) is 15.6. The van der Waals surface area contributed by atoms with Crippen LogP contribution < -0.4 is 16.2 Å². The molecule has 21 heavy (non-hydrogen) atoms. The highest BCUT2D eigenvalue weighted by atomic mass is 16.6. The van der Waals surface area contributed by atoms with Crippen LogP contribution in [0.5, 0.6) is 0 Å². The largest absolute Gasteiger partial charge is 0.391 e. The molecule has 1 aromatic carbocycles. The Bertz CT molecular complexity index is 523. The van der Waals surface area contributed by atoms with Crippen LogP contribution in [-0.2, 0) is 0 Å². The molecule has 0 saturated carbocycles. The molecule has 1 aliphatic rings. The summed E-state index contributed by atoms with van der Waals surface area (Å²) in [6.45, 7) is 1.10. The first-order valence-corrected chi connectivity index (χ1v) is 6.77. The van der Waals surface area contributed by atoms with Crippen LogP contribution >= 0.6 is 0 Å². The molecule has 0 spiro atoms. The van der Waals surface area contributed by atoms with Crippen molar-refractivity contribution in [2.24, 2.45) is 5.84 Å². The Morgan fingerprint density at radius 3 is 2.86 bits per heavy atom. The molecule has 116 valence electrons. The summed E-state index contributed by atoms with van der Waals surface area (Å²) in [7, 11) is 3.88. The number of rotatable bonds is 5. The summed E-state index contributed by atoms with van der Waals surface area (Å²) in [6.07, 6.45) is 0.111. The number of benzene rings is 1. The first-order valence-electron chi connectivity index (χ1n) is 6.77. The molecule has 1 fully saturated rings. The fraction of sp³-hybridized carbons (Fsp3) is 0.538. The molecule has 1 aliphatic heterocycles. The molecular formula is C13H21N5O3. The third-order valence-electron chi connectivity index (χ3n) is 3.63. The summed E-state index contributed by atoms with van der Waals surface area (Å²) in [6, 6.07) is 5.01. The zero-order valence-corrected chi connectivity index (χ0v) is 12.2. The Balaban J connectivity index is 2.42. The molecule has 4 N–H and O–H groups in total. The number of hydrogen-bond donors (Lipinski definition) is 3. The number of aliphatic hydroxyl groups is 1. The predicted molar refractivity (Wildman–Crippen MR) is 81.2 cm³/mol. The van der Waals surface area contributed by atoms with Gasteiger partial charge in [-0.25, -0.2) is 0 Å². The van der Waals surface area contributed by atoms with Gasteiger partial charge in [0, 0.05) is 19.1 Å². The minimum Gasteiger partial charge on any atom is -0.391 e. The van der Waals surface area contributed by atoms with Gasteiger partial charge in [0.25, 0.3) is 0 Å². The van der Waals surface area contributed by atoms with Gasteiger partial charge in [-0.1, -0.05) is 6.07 Å². The number of nitro groups is 1. The normalized spacial score (nSPS) is 21.9. The van der Waals surface area contributed by atoms with Gasteiger partial charge in [0.1, 0.15) is 11.4 Å². The van der Waals surface area contributed by atoms with E-state index in [4.69, 9.17) is 5.84 Å². The molecule has 0 aromatic heterocycles. The molecule has 2 rings (SSSR count). The van der Waals surface area contributed by atoms with Gasteiger partial charge in [-0.3, -0.25) is 16.0 Å². The second-order valence-electron chi connectivity index (χ2n) is 5.53. The number of anilines is 2. The topological polar surface area (TPSA) is 108 Å². The van der Waals surface area contributed by atoms with Crippen LogP contribution in [0.2, 0.25) is 0 Å². The van der Waals surface area contributed by atoms with Crippen LogP contribution in [0.25, 0.3) is 0 Å². The Hall–Kier alpha value is -1.90. The van der Waals surface area contributed by atoms with Gasteiger partial charge in [-0.05, 0) is 32.6 Å². The maximum Gasteiger partial charge on any atom is 0.316 e. The maximum absolute atomic E-state index is 11.4. The van der Waals surface area contributed by atoms with Crippen molar-refractivity contribution in [1.29, 1.82) is 0 Å². The lowest BCUT2D eigenvalue weighted by Gasteiger charge is -2.28. The lowest BCUT2D eigenvalue weighted by atomic mass is 10.1. The Morgan fingerprint density at radius 2 is 2.29 bits per heavy atom. The van der Waals surface area contributed by atoms with Gasteiger partial charge < -0.3 is 20.3 Å². The number of nitrogens with two attached hydrogens (primary N) is 1. The van der Waals surface area contributed by atoms with E-state index in [1.54, 1.807) is 18.2 Å². The van der Waals surface area contributed by atoms with Crippen molar-refractivity contribution < 1.29 is 10.0 Å². The number of hydrogen-bond acceptors (Lipinski definition) is 7. The maximum atomic E-state index is 11.4. The Labute approximate surface area is 123 Å². The minimum atomic E-state index is -0.482. The predicted octanol–water partition coefficient (Wildman–Crippen LogP) is 0.382. The van der Waals surface area contributed by atoms with Gasteiger partial charge in [-0.2, -0.15) is 0 Å². The van der Waals surface area contributed by atoms with Gasteiger partial charge in [0.15, 0.2) is 0 Å². The highest BCUT2D eigenvalue weighted by Crippen LogP contribution is 2.38.